The SMILES string of the molecule is CCN=NOC(=O)C(C)C. The highest BCUT2D eigenvalue weighted by atomic mass is 16.7. The molecule has 0 saturated carbocycles. The lowest BCUT2D eigenvalue weighted by Crippen LogP contribution is -2.07. The lowest BCUT2D eigenvalue weighted by Gasteiger charge is -1.96. The van der Waals surface area contributed by atoms with Crippen molar-refractivity contribution in [1.82, 2.24) is 0 Å². The lowest BCUT2D eigenvalue weighted by molar-refractivity contribution is -0.148. The zero-order valence-electron chi connectivity index (χ0n) is 6.50. The minimum atomic E-state index is -0.350. The van der Waals surface area contributed by atoms with E-state index in [1.807, 2.05) is 6.92 Å². The highest BCUT2D eigenvalue weighted by molar-refractivity contribution is 5.71. The van der Waals surface area contributed by atoms with Crippen LogP contribution in [0.15, 0.2) is 10.4 Å². The molecule has 0 aliphatic carbocycles. The van der Waals surface area contributed by atoms with Crippen LogP contribution in [0.1, 0.15) is 20.8 Å². The number of carbonyl (C=O) groups excluding carboxylic acids is 1. The molecule has 0 aliphatic rings. The van der Waals surface area contributed by atoms with Crippen LogP contribution < -0.4 is 0 Å². The molecule has 0 heterocycles. The van der Waals surface area contributed by atoms with E-state index in [-0.39, 0.29) is 11.9 Å². The van der Waals surface area contributed by atoms with Gasteiger partial charge in [0, 0.05) is 5.28 Å². The summed E-state index contributed by atoms with van der Waals surface area (Å²) in [4.78, 5) is 15.0. The molecule has 10 heavy (non-hydrogen) atoms. The van der Waals surface area contributed by atoms with Crippen molar-refractivity contribution >= 4 is 5.97 Å². The number of rotatable bonds is 3. The van der Waals surface area contributed by atoms with E-state index in [1.165, 1.54) is 0 Å². The van der Waals surface area contributed by atoms with Crippen LogP contribution in [0.3, 0.4) is 0 Å². The second-order valence-electron chi connectivity index (χ2n) is 2.10. The molecule has 0 atom stereocenters. The zero-order chi connectivity index (χ0) is 7.98. The first-order chi connectivity index (χ1) is 4.68. The van der Waals surface area contributed by atoms with Crippen LogP contribution in [-0.4, -0.2) is 12.5 Å². The van der Waals surface area contributed by atoms with Gasteiger partial charge in [0.15, 0.2) is 0 Å². The van der Waals surface area contributed by atoms with Crippen LogP contribution in [0.25, 0.3) is 0 Å². The third-order valence-corrected chi connectivity index (χ3v) is 0.801. The fourth-order valence-corrected chi connectivity index (χ4v) is 0.232. The van der Waals surface area contributed by atoms with Gasteiger partial charge in [-0.05, 0) is 6.92 Å². The fraction of sp³-hybridized carbons (Fsp3) is 0.833. The second-order valence-corrected chi connectivity index (χ2v) is 2.10. The first-order valence-electron chi connectivity index (χ1n) is 3.26. The standard InChI is InChI=1S/C6H12N2O2/c1-4-7-8-10-6(9)5(2)3/h5H,4H2,1-3H3. The number of nitrogens with zero attached hydrogens (tertiary/aromatic N) is 2. The molecule has 0 N–H and O–H groups in total. The number of hydrogen-bond acceptors (Lipinski definition) is 4. The predicted octanol–water partition coefficient (Wildman–Crippen LogP) is 1.57. The highest BCUT2D eigenvalue weighted by Crippen LogP contribution is 1.95. The van der Waals surface area contributed by atoms with Crippen LogP contribution in [0.2, 0.25) is 0 Å². The van der Waals surface area contributed by atoms with Crippen LogP contribution in [0.4, 0.5) is 0 Å². The third-order valence-electron chi connectivity index (χ3n) is 0.801. The first-order valence-corrected chi connectivity index (χ1v) is 3.26. The van der Waals surface area contributed by atoms with Crippen LogP contribution in [-0.2, 0) is 9.63 Å². The Kier molecular flexibility index (Phi) is 4.45. The Bertz CT molecular complexity index is 132. The Morgan fingerprint density at radius 1 is 1.60 bits per heavy atom. The van der Waals surface area contributed by atoms with Gasteiger partial charge in [-0.1, -0.05) is 13.8 Å². The van der Waals surface area contributed by atoms with Crippen molar-refractivity contribution in [3.63, 3.8) is 0 Å². The average Bonchev–Trinajstić information content (AvgIpc) is 1.88. The van der Waals surface area contributed by atoms with Gasteiger partial charge >= 0.3 is 5.97 Å². The van der Waals surface area contributed by atoms with Gasteiger partial charge in [-0.2, -0.15) is 5.11 Å². The summed E-state index contributed by atoms with van der Waals surface area (Å²) in [6, 6.07) is 0. The summed E-state index contributed by atoms with van der Waals surface area (Å²) in [7, 11) is 0. The molecule has 4 heteroatoms. The minimum absolute atomic E-state index is 0.143. The third kappa shape index (κ3) is 4.00. The van der Waals surface area contributed by atoms with Crippen LogP contribution >= 0.6 is 0 Å². The summed E-state index contributed by atoms with van der Waals surface area (Å²) < 4.78 is 0. The van der Waals surface area contributed by atoms with Crippen molar-refractivity contribution in [2.45, 2.75) is 20.8 Å². The normalized spacial score (nSPS) is 10.8. The van der Waals surface area contributed by atoms with E-state index in [1.54, 1.807) is 13.8 Å². The molecule has 0 bridgehead atoms. The van der Waals surface area contributed by atoms with E-state index >= 15 is 0 Å². The Morgan fingerprint density at radius 3 is 2.60 bits per heavy atom. The van der Waals surface area contributed by atoms with E-state index in [4.69, 9.17) is 0 Å². The summed E-state index contributed by atoms with van der Waals surface area (Å²) >= 11 is 0. The van der Waals surface area contributed by atoms with Gasteiger partial charge in [0.1, 0.15) is 0 Å². The number of hydrogen-bond donors (Lipinski definition) is 0. The van der Waals surface area contributed by atoms with Crippen molar-refractivity contribution in [3.8, 4) is 0 Å². The van der Waals surface area contributed by atoms with Gasteiger partial charge in [0.05, 0.1) is 12.5 Å². The summed E-state index contributed by atoms with van der Waals surface area (Å²) in [5.41, 5.74) is 0. The van der Waals surface area contributed by atoms with Gasteiger partial charge in [-0.25, -0.2) is 4.79 Å². The maximum atomic E-state index is 10.6. The molecular formula is C6H12N2O2. The second kappa shape index (κ2) is 4.90. The molecule has 4 nitrogen and oxygen atoms in total. The van der Waals surface area contributed by atoms with Gasteiger partial charge in [-0.3, -0.25) is 4.84 Å². The Morgan fingerprint density at radius 2 is 2.20 bits per heavy atom. The molecular weight excluding hydrogens is 132 g/mol. The summed E-state index contributed by atoms with van der Waals surface area (Å²) in [5.74, 6) is -0.493. The van der Waals surface area contributed by atoms with E-state index in [0.717, 1.165) is 0 Å². The monoisotopic (exact) mass is 144 g/mol. The molecule has 0 amide bonds. The fourth-order valence-electron chi connectivity index (χ4n) is 0.232. The van der Waals surface area contributed by atoms with Gasteiger partial charge in [0.2, 0.25) is 0 Å². The zero-order valence-corrected chi connectivity index (χ0v) is 6.50. The average molecular weight is 144 g/mol. The molecule has 0 rings (SSSR count). The smallest absolute Gasteiger partial charge is 0.300 e. The maximum Gasteiger partial charge on any atom is 0.339 e. The Balaban J connectivity index is 3.49. The lowest BCUT2D eigenvalue weighted by atomic mass is 10.2. The van der Waals surface area contributed by atoms with Crippen LogP contribution in [0.5, 0.6) is 0 Å². The topological polar surface area (TPSA) is 51.0 Å². The molecule has 0 aromatic heterocycles. The molecule has 0 aliphatic heterocycles. The van der Waals surface area contributed by atoms with E-state index in [2.05, 4.69) is 15.2 Å². The van der Waals surface area contributed by atoms with E-state index in [9.17, 15) is 4.79 Å². The number of carbonyl (C=O) groups is 1. The largest absolute Gasteiger partial charge is 0.339 e. The maximum absolute atomic E-state index is 10.6. The van der Waals surface area contributed by atoms with Gasteiger partial charge in [-0.15, -0.1) is 0 Å². The minimum Gasteiger partial charge on any atom is -0.300 e. The van der Waals surface area contributed by atoms with Crippen molar-refractivity contribution < 1.29 is 9.63 Å². The molecule has 0 spiro atoms. The molecule has 0 saturated heterocycles. The van der Waals surface area contributed by atoms with Crippen molar-refractivity contribution in [2.24, 2.45) is 16.3 Å². The van der Waals surface area contributed by atoms with Gasteiger partial charge < -0.3 is 0 Å². The molecule has 0 radical (unpaired) electrons. The summed E-state index contributed by atoms with van der Waals surface area (Å²) in [6.07, 6.45) is 0. The molecule has 0 aromatic rings. The van der Waals surface area contributed by atoms with Crippen molar-refractivity contribution in [2.75, 3.05) is 6.54 Å². The Labute approximate surface area is 60.2 Å². The summed E-state index contributed by atoms with van der Waals surface area (Å²) in [5, 5.41) is 6.66. The quantitative estimate of drug-likeness (QED) is 0.446. The predicted molar refractivity (Wildman–Crippen MR) is 36.3 cm³/mol. The van der Waals surface area contributed by atoms with Gasteiger partial charge in [0.25, 0.3) is 0 Å². The first kappa shape index (κ1) is 9.07. The summed E-state index contributed by atoms with van der Waals surface area (Å²) in [6.45, 7) is 5.83. The Hall–Kier alpha value is -0.930. The van der Waals surface area contributed by atoms with Crippen molar-refractivity contribution in [1.29, 1.82) is 0 Å². The van der Waals surface area contributed by atoms with Crippen LogP contribution in [0, 0.1) is 5.92 Å². The van der Waals surface area contributed by atoms with E-state index in [0.29, 0.717) is 6.54 Å². The highest BCUT2D eigenvalue weighted by Gasteiger charge is 2.06. The molecule has 0 fully saturated rings. The molecule has 58 valence electrons. The molecule has 0 unspecified atom stereocenters. The molecule has 0 aromatic carbocycles. The van der Waals surface area contributed by atoms with E-state index < -0.39 is 0 Å². The van der Waals surface area contributed by atoms with Crippen molar-refractivity contribution in [3.05, 3.63) is 0 Å².